The summed E-state index contributed by atoms with van der Waals surface area (Å²) < 4.78 is 0. The van der Waals surface area contributed by atoms with Crippen molar-refractivity contribution < 1.29 is 4.79 Å². The largest absolute Gasteiger partial charge is 0.339 e. The van der Waals surface area contributed by atoms with Crippen LogP contribution in [0.15, 0.2) is 34.5 Å². The van der Waals surface area contributed by atoms with Gasteiger partial charge in [-0.05, 0) is 32.4 Å². The Morgan fingerprint density at radius 2 is 2.12 bits per heavy atom. The van der Waals surface area contributed by atoms with Gasteiger partial charge in [-0.2, -0.15) is 0 Å². The number of fused-ring (bicyclic) bond motifs is 1. The van der Waals surface area contributed by atoms with Crippen LogP contribution in [-0.4, -0.2) is 31.1 Å². The van der Waals surface area contributed by atoms with Gasteiger partial charge in [0.1, 0.15) is 0 Å². The average molecular weight is 343 g/mol. The molecule has 0 bridgehead atoms. The third-order valence-electron chi connectivity index (χ3n) is 3.57. The normalized spacial score (nSPS) is 12.3. The highest BCUT2D eigenvalue weighted by Gasteiger charge is 2.17. The van der Waals surface area contributed by atoms with Crippen LogP contribution in [0.5, 0.6) is 0 Å². The molecule has 0 fully saturated rings. The minimum absolute atomic E-state index is 0.156. The number of amides is 1. The van der Waals surface area contributed by atoms with Crippen molar-refractivity contribution in [2.45, 2.75) is 31.2 Å². The van der Waals surface area contributed by atoms with Crippen LogP contribution in [0.2, 0.25) is 0 Å². The summed E-state index contributed by atoms with van der Waals surface area (Å²) in [5.41, 5.74) is 3.28. The molecule has 3 N–H and O–H groups in total. The molecule has 24 heavy (non-hydrogen) atoms. The first kappa shape index (κ1) is 16.3. The lowest BCUT2D eigenvalue weighted by atomic mass is 10.1. The second-order valence-electron chi connectivity index (χ2n) is 5.54. The first-order valence-electron chi connectivity index (χ1n) is 7.42. The third-order valence-corrected chi connectivity index (χ3v) is 4.56. The molecule has 0 saturated heterocycles. The van der Waals surface area contributed by atoms with Crippen LogP contribution < -0.4 is 10.9 Å². The Labute approximate surface area is 142 Å². The molecular formula is C16H17N5O2S. The van der Waals surface area contributed by atoms with Crippen LogP contribution in [-0.2, 0) is 4.79 Å². The van der Waals surface area contributed by atoms with E-state index in [1.54, 1.807) is 6.92 Å². The monoisotopic (exact) mass is 343 g/mol. The minimum atomic E-state index is -0.426. The highest BCUT2D eigenvalue weighted by Crippen LogP contribution is 2.22. The molecule has 1 unspecified atom stereocenters. The summed E-state index contributed by atoms with van der Waals surface area (Å²) in [4.78, 5) is 37.9. The van der Waals surface area contributed by atoms with Gasteiger partial charge in [-0.1, -0.05) is 29.5 Å². The van der Waals surface area contributed by atoms with Crippen molar-refractivity contribution in [2.24, 2.45) is 0 Å². The molecule has 0 spiro atoms. The molecule has 0 aliphatic carbocycles. The van der Waals surface area contributed by atoms with E-state index in [4.69, 9.17) is 0 Å². The number of thioether (sulfide) groups is 1. The molecule has 7 nitrogen and oxygen atoms in total. The van der Waals surface area contributed by atoms with E-state index in [1.807, 2.05) is 32.0 Å². The maximum Gasteiger partial charge on any atom is 0.277 e. The Bertz CT molecular complexity index is 963. The number of aryl methyl sites for hydroxylation is 2. The molecule has 2 aromatic heterocycles. The number of hydrogen-bond acceptors (Lipinski definition) is 5. The number of imidazole rings is 1. The first-order valence-corrected chi connectivity index (χ1v) is 8.30. The molecule has 0 aliphatic heterocycles. The summed E-state index contributed by atoms with van der Waals surface area (Å²) >= 11 is 1.18. The number of aromatic nitrogens is 4. The topological polar surface area (TPSA) is 104 Å². The second-order valence-corrected chi connectivity index (χ2v) is 6.87. The van der Waals surface area contributed by atoms with Crippen molar-refractivity contribution in [2.75, 3.05) is 5.32 Å². The van der Waals surface area contributed by atoms with Gasteiger partial charge in [-0.25, -0.2) is 9.97 Å². The van der Waals surface area contributed by atoms with Crippen LogP contribution in [0.25, 0.3) is 11.2 Å². The predicted molar refractivity (Wildman–Crippen MR) is 94.4 cm³/mol. The number of nitrogens with one attached hydrogen (secondary N) is 3. The maximum absolute atomic E-state index is 12.4. The predicted octanol–water partition coefficient (Wildman–Crippen LogP) is 2.38. The lowest BCUT2D eigenvalue weighted by molar-refractivity contribution is -0.115. The van der Waals surface area contributed by atoms with Crippen LogP contribution >= 0.6 is 11.8 Å². The fourth-order valence-corrected chi connectivity index (χ4v) is 3.08. The number of benzene rings is 1. The van der Waals surface area contributed by atoms with Crippen molar-refractivity contribution >= 4 is 34.5 Å². The van der Waals surface area contributed by atoms with Crippen molar-refractivity contribution in [3.05, 3.63) is 46.0 Å². The van der Waals surface area contributed by atoms with Crippen LogP contribution in [0, 0.1) is 13.8 Å². The highest BCUT2D eigenvalue weighted by molar-refractivity contribution is 8.00. The quantitative estimate of drug-likeness (QED) is 0.498. The summed E-state index contributed by atoms with van der Waals surface area (Å²) in [6.07, 6.45) is 1.41. The summed E-state index contributed by atoms with van der Waals surface area (Å²) in [5, 5.41) is 2.84. The van der Waals surface area contributed by atoms with E-state index in [2.05, 4.69) is 25.3 Å². The van der Waals surface area contributed by atoms with Gasteiger partial charge in [0, 0.05) is 5.69 Å². The van der Waals surface area contributed by atoms with E-state index < -0.39 is 5.25 Å². The van der Waals surface area contributed by atoms with Crippen molar-refractivity contribution in [1.29, 1.82) is 0 Å². The zero-order valence-electron chi connectivity index (χ0n) is 13.5. The summed E-state index contributed by atoms with van der Waals surface area (Å²) in [6, 6.07) is 5.85. The average Bonchev–Trinajstić information content (AvgIpc) is 2.99. The molecule has 8 heteroatoms. The van der Waals surface area contributed by atoms with Crippen molar-refractivity contribution in [3.8, 4) is 0 Å². The molecule has 3 aromatic rings. The molecule has 1 atom stereocenters. The molecule has 3 rings (SSSR count). The van der Waals surface area contributed by atoms with Crippen LogP contribution in [0.3, 0.4) is 0 Å². The molecule has 0 radical (unpaired) electrons. The summed E-state index contributed by atoms with van der Waals surface area (Å²) in [6.45, 7) is 5.72. The number of hydrogen-bond donors (Lipinski definition) is 3. The second kappa shape index (κ2) is 6.48. The Morgan fingerprint density at radius 1 is 1.33 bits per heavy atom. The molecule has 1 amide bonds. The molecule has 0 saturated carbocycles. The lowest BCUT2D eigenvalue weighted by Gasteiger charge is -2.13. The number of aromatic amines is 2. The van der Waals surface area contributed by atoms with Crippen LogP contribution in [0.1, 0.15) is 18.1 Å². The highest BCUT2D eigenvalue weighted by atomic mass is 32.2. The van der Waals surface area contributed by atoms with Crippen molar-refractivity contribution in [1.82, 2.24) is 19.9 Å². The molecular weight excluding hydrogens is 326 g/mol. The molecule has 2 heterocycles. The Kier molecular flexibility index (Phi) is 4.39. The van der Waals surface area contributed by atoms with Crippen LogP contribution in [0.4, 0.5) is 5.69 Å². The van der Waals surface area contributed by atoms with Gasteiger partial charge < -0.3 is 10.3 Å². The number of nitrogens with zero attached hydrogens (tertiary/aromatic N) is 2. The van der Waals surface area contributed by atoms with E-state index in [-0.39, 0.29) is 11.5 Å². The van der Waals surface area contributed by atoms with Crippen molar-refractivity contribution in [3.63, 3.8) is 0 Å². The lowest BCUT2D eigenvalue weighted by Crippen LogP contribution is -2.23. The Morgan fingerprint density at radius 3 is 2.88 bits per heavy atom. The number of carbonyl (C=O) groups excluding carboxylic acids is 1. The van der Waals surface area contributed by atoms with Gasteiger partial charge in [0.15, 0.2) is 16.3 Å². The van der Waals surface area contributed by atoms with E-state index in [0.717, 1.165) is 16.8 Å². The summed E-state index contributed by atoms with van der Waals surface area (Å²) in [5.74, 6) is -0.156. The number of carbonyl (C=O) groups is 1. The van der Waals surface area contributed by atoms with E-state index in [1.165, 1.54) is 18.1 Å². The maximum atomic E-state index is 12.4. The van der Waals surface area contributed by atoms with Gasteiger partial charge in [-0.15, -0.1) is 0 Å². The van der Waals surface area contributed by atoms with E-state index in [9.17, 15) is 9.59 Å². The third kappa shape index (κ3) is 3.33. The zero-order chi connectivity index (χ0) is 17.3. The van der Waals surface area contributed by atoms with E-state index in [0.29, 0.717) is 16.3 Å². The summed E-state index contributed by atoms with van der Waals surface area (Å²) in [7, 11) is 0. The molecule has 124 valence electrons. The zero-order valence-corrected chi connectivity index (χ0v) is 14.3. The number of rotatable bonds is 4. The standard InChI is InChI=1S/C16H17N5O2S/c1-8-4-5-11(9(2)6-8)19-14(22)10(3)24-16-20-13-12(15(23)21-16)17-7-18-13/h4-7,10H,1-3H3,(H,19,22)(H2,17,18,20,21,23). The van der Waals surface area contributed by atoms with E-state index >= 15 is 0 Å². The van der Waals surface area contributed by atoms with Gasteiger partial charge in [0.05, 0.1) is 11.6 Å². The van der Waals surface area contributed by atoms with Gasteiger partial charge >= 0.3 is 0 Å². The molecule has 1 aromatic carbocycles. The molecule has 0 aliphatic rings. The number of H-pyrrole nitrogens is 2. The smallest absolute Gasteiger partial charge is 0.277 e. The number of anilines is 1. The minimum Gasteiger partial charge on any atom is -0.339 e. The Hall–Kier alpha value is -2.61. The fourth-order valence-electron chi connectivity index (χ4n) is 2.29. The van der Waals surface area contributed by atoms with Gasteiger partial charge in [0.2, 0.25) is 5.91 Å². The fraction of sp³-hybridized carbons (Fsp3) is 0.250. The SMILES string of the molecule is Cc1ccc(NC(=O)C(C)Sc2nc3nc[nH]c3c(=O)[nH]2)c(C)c1. The van der Waals surface area contributed by atoms with Gasteiger partial charge in [0.25, 0.3) is 5.56 Å². The Balaban J connectivity index is 1.74. The first-order chi connectivity index (χ1) is 11.4. The van der Waals surface area contributed by atoms with Gasteiger partial charge in [-0.3, -0.25) is 14.6 Å².